The molecule has 1 N–H and O–H groups in total. The smallest absolute Gasteiger partial charge is 0.122 e. The van der Waals surface area contributed by atoms with E-state index in [-0.39, 0.29) is 0 Å². The van der Waals surface area contributed by atoms with Crippen molar-refractivity contribution < 1.29 is 4.63 Å². The van der Waals surface area contributed by atoms with Crippen molar-refractivity contribution in [1.29, 1.82) is 0 Å². The molecule has 0 bridgehead atoms. The summed E-state index contributed by atoms with van der Waals surface area (Å²) in [4.78, 5) is 2.40. The molecule has 5 heteroatoms. The SMILES string of the molecule is CNC1CCCN(Cc2nonc2C)C1. The summed E-state index contributed by atoms with van der Waals surface area (Å²) in [7, 11) is 2.02. The fourth-order valence-corrected chi connectivity index (χ4v) is 2.04. The summed E-state index contributed by atoms with van der Waals surface area (Å²) < 4.78 is 4.70. The van der Waals surface area contributed by atoms with Gasteiger partial charge in [-0.3, -0.25) is 4.90 Å². The van der Waals surface area contributed by atoms with E-state index in [4.69, 9.17) is 4.63 Å². The Kier molecular flexibility index (Phi) is 3.33. The van der Waals surface area contributed by atoms with E-state index in [9.17, 15) is 0 Å². The highest BCUT2D eigenvalue weighted by Gasteiger charge is 2.20. The molecule has 1 unspecified atom stereocenters. The lowest BCUT2D eigenvalue weighted by atomic mass is 10.1. The van der Waals surface area contributed by atoms with Gasteiger partial charge in [0.05, 0.1) is 0 Å². The zero-order chi connectivity index (χ0) is 10.7. The number of nitrogens with one attached hydrogen (secondary N) is 1. The summed E-state index contributed by atoms with van der Waals surface area (Å²) in [5.74, 6) is 0. The molecule has 84 valence electrons. The van der Waals surface area contributed by atoms with Crippen LogP contribution in [0, 0.1) is 6.92 Å². The third-order valence-corrected chi connectivity index (χ3v) is 3.03. The fourth-order valence-electron chi connectivity index (χ4n) is 2.04. The zero-order valence-electron chi connectivity index (χ0n) is 9.36. The number of piperidine rings is 1. The minimum Gasteiger partial charge on any atom is -0.316 e. The maximum absolute atomic E-state index is 4.70. The van der Waals surface area contributed by atoms with Crippen molar-refractivity contribution in [2.75, 3.05) is 20.1 Å². The molecule has 1 atom stereocenters. The zero-order valence-corrected chi connectivity index (χ0v) is 9.36. The van der Waals surface area contributed by atoms with E-state index in [1.165, 1.54) is 12.8 Å². The number of likely N-dealkylation sites (N-methyl/N-ethyl adjacent to an activating group) is 1. The van der Waals surface area contributed by atoms with Crippen molar-refractivity contribution in [3.8, 4) is 0 Å². The Labute approximate surface area is 89.8 Å². The standard InChI is InChI=1S/C10H18N4O/c1-8-10(13-15-12-8)7-14-5-3-4-9(6-14)11-2/h9,11H,3-7H2,1-2H3. The highest BCUT2D eigenvalue weighted by atomic mass is 16.6. The number of aryl methyl sites for hydroxylation is 1. The van der Waals surface area contributed by atoms with E-state index in [1.807, 2.05) is 14.0 Å². The maximum Gasteiger partial charge on any atom is 0.122 e. The number of hydrogen-bond acceptors (Lipinski definition) is 5. The lowest BCUT2D eigenvalue weighted by Gasteiger charge is -2.31. The van der Waals surface area contributed by atoms with E-state index in [0.717, 1.165) is 31.0 Å². The van der Waals surface area contributed by atoms with Crippen molar-refractivity contribution in [2.24, 2.45) is 0 Å². The maximum atomic E-state index is 4.70. The van der Waals surface area contributed by atoms with Gasteiger partial charge >= 0.3 is 0 Å². The largest absolute Gasteiger partial charge is 0.316 e. The highest BCUT2D eigenvalue weighted by molar-refractivity contribution is 5.04. The van der Waals surface area contributed by atoms with Crippen LogP contribution in [-0.2, 0) is 6.54 Å². The first-order chi connectivity index (χ1) is 7.29. The van der Waals surface area contributed by atoms with Gasteiger partial charge in [0.15, 0.2) is 0 Å². The molecule has 0 spiro atoms. The van der Waals surface area contributed by atoms with Gasteiger partial charge in [0.2, 0.25) is 0 Å². The van der Waals surface area contributed by atoms with Gasteiger partial charge in [0.25, 0.3) is 0 Å². The van der Waals surface area contributed by atoms with Crippen molar-refractivity contribution in [3.63, 3.8) is 0 Å². The van der Waals surface area contributed by atoms with Crippen LogP contribution >= 0.6 is 0 Å². The molecule has 1 saturated heterocycles. The monoisotopic (exact) mass is 210 g/mol. The fraction of sp³-hybridized carbons (Fsp3) is 0.800. The van der Waals surface area contributed by atoms with E-state index in [2.05, 4.69) is 20.5 Å². The third kappa shape index (κ3) is 2.54. The van der Waals surface area contributed by atoms with Crippen LogP contribution in [0.4, 0.5) is 0 Å². The van der Waals surface area contributed by atoms with E-state index in [1.54, 1.807) is 0 Å². The van der Waals surface area contributed by atoms with Crippen molar-refractivity contribution in [1.82, 2.24) is 20.5 Å². The second kappa shape index (κ2) is 4.72. The summed E-state index contributed by atoms with van der Waals surface area (Å²) in [6.07, 6.45) is 2.51. The number of likely N-dealkylation sites (tertiary alicyclic amines) is 1. The lowest BCUT2D eigenvalue weighted by molar-refractivity contribution is 0.182. The Morgan fingerprint density at radius 1 is 1.53 bits per heavy atom. The molecule has 0 amide bonds. The molecule has 1 fully saturated rings. The van der Waals surface area contributed by atoms with E-state index < -0.39 is 0 Å². The summed E-state index contributed by atoms with van der Waals surface area (Å²) in [6, 6.07) is 0.610. The first-order valence-corrected chi connectivity index (χ1v) is 5.47. The lowest BCUT2D eigenvalue weighted by Crippen LogP contribution is -2.44. The summed E-state index contributed by atoms with van der Waals surface area (Å²) in [5.41, 5.74) is 1.87. The minimum atomic E-state index is 0.610. The summed E-state index contributed by atoms with van der Waals surface area (Å²) in [5, 5.41) is 11.0. The number of nitrogens with zero attached hydrogens (tertiary/aromatic N) is 3. The minimum absolute atomic E-state index is 0.610. The molecule has 1 aliphatic heterocycles. The van der Waals surface area contributed by atoms with Crippen LogP contribution in [0.1, 0.15) is 24.2 Å². The topological polar surface area (TPSA) is 54.2 Å². The number of hydrogen-bond donors (Lipinski definition) is 1. The molecule has 1 aliphatic rings. The Balaban J connectivity index is 1.92. The second-order valence-corrected chi connectivity index (χ2v) is 4.16. The molecular weight excluding hydrogens is 192 g/mol. The second-order valence-electron chi connectivity index (χ2n) is 4.16. The van der Waals surface area contributed by atoms with Gasteiger partial charge in [-0.05, 0) is 33.4 Å². The van der Waals surface area contributed by atoms with Crippen LogP contribution in [0.25, 0.3) is 0 Å². The Morgan fingerprint density at radius 2 is 2.40 bits per heavy atom. The Bertz CT molecular complexity index is 312. The quantitative estimate of drug-likeness (QED) is 0.790. The van der Waals surface area contributed by atoms with Crippen LogP contribution in [0.5, 0.6) is 0 Å². The number of rotatable bonds is 3. The molecule has 0 aromatic carbocycles. The van der Waals surface area contributed by atoms with Crippen LogP contribution in [-0.4, -0.2) is 41.4 Å². The first-order valence-electron chi connectivity index (χ1n) is 5.47. The molecule has 0 aliphatic carbocycles. The van der Waals surface area contributed by atoms with Gasteiger partial charge in [-0.1, -0.05) is 10.3 Å². The molecule has 1 aromatic heterocycles. The van der Waals surface area contributed by atoms with Crippen LogP contribution in [0.15, 0.2) is 4.63 Å². The molecule has 2 rings (SSSR count). The van der Waals surface area contributed by atoms with Crippen molar-refractivity contribution in [3.05, 3.63) is 11.4 Å². The van der Waals surface area contributed by atoms with E-state index in [0.29, 0.717) is 6.04 Å². The molecule has 5 nitrogen and oxygen atoms in total. The predicted molar refractivity (Wildman–Crippen MR) is 56.4 cm³/mol. The molecule has 0 saturated carbocycles. The summed E-state index contributed by atoms with van der Waals surface area (Å²) in [6.45, 7) is 5.02. The summed E-state index contributed by atoms with van der Waals surface area (Å²) >= 11 is 0. The third-order valence-electron chi connectivity index (χ3n) is 3.03. The average molecular weight is 210 g/mol. The van der Waals surface area contributed by atoms with Crippen molar-refractivity contribution in [2.45, 2.75) is 32.4 Å². The molecule has 15 heavy (non-hydrogen) atoms. The normalized spacial score (nSPS) is 23.2. The van der Waals surface area contributed by atoms with Gasteiger partial charge in [0, 0.05) is 19.1 Å². The van der Waals surface area contributed by atoms with Crippen LogP contribution in [0.2, 0.25) is 0 Å². The van der Waals surface area contributed by atoms with Gasteiger partial charge in [-0.2, -0.15) is 0 Å². The Hall–Kier alpha value is -0.940. The Morgan fingerprint density at radius 3 is 3.07 bits per heavy atom. The first kappa shape index (κ1) is 10.6. The molecule has 1 aromatic rings. The molecule has 2 heterocycles. The van der Waals surface area contributed by atoms with E-state index >= 15 is 0 Å². The highest BCUT2D eigenvalue weighted by Crippen LogP contribution is 2.13. The van der Waals surface area contributed by atoms with Gasteiger partial charge < -0.3 is 5.32 Å². The van der Waals surface area contributed by atoms with Gasteiger partial charge in [-0.25, -0.2) is 4.63 Å². The predicted octanol–water partition coefficient (Wildman–Crippen LogP) is 0.562. The molecule has 0 radical (unpaired) electrons. The molecular formula is C10H18N4O. The number of aromatic nitrogens is 2. The van der Waals surface area contributed by atoms with Crippen LogP contribution in [0.3, 0.4) is 0 Å². The van der Waals surface area contributed by atoms with Crippen molar-refractivity contribution >= 4 is 0 Å². The van der Waals surface area contributed by atoms with Crippen LogP contribution < -0.4 is 5.32 Å². The van der Waals surface area contributed by atoms with Gasteiger partial charge in [0.1, 0.15) is 11.4 Å². The van der Waals surface area contributed by atoms with Gasteiger partial charge in [-0.15, -0.1) is 0 Å². The average Bonchev–Trinajstić information content (AvgIpc) is 2.65.